The molecule has 0 saturated carbocycles. The highest BCUT2D eigenvalue weighted by Crippen LogP contribution is 2.31. The molecule has 0 aliphatic rings. The van der Waals surface area contributed by atoms with Crippen LogP contribution in [0.25, 0.3) is 11.0 Å². The summed E-state index contributed by atoms with van der Waals surface area (Å²) < 4.78 is 23.9. The van der Waals surface area contributed by atoms with Gasteiger partial charge in [-0.2, -0.15) is 0 Å². The molecule has 112 valence electrons. The Hall–Kier alpha value is -2.33. The quantitative estimate of drug-likeness (QED) is 0.669. The molecule has 0 atom stereocenters. The first-order chi connectivity index (χ1) is 10.5. The fraction of sp³-hybridized carbons (Fsp3) is 0.118. The molecule has 3 aromatic rings. The maximum atomic E-state index is 13.1. The van der Waals surface area contributed by atoms with Crippen LogP contribution in [-0.2, 0) is 6.61 Å². The maximum absolute atomic E-state index is 13.1. The molecular weight excluding hydrogens is 307 g/mol. The van der Waals surface area contributed by atoms with Gasteiger partial charge in [0.25, 0.3) is 0 Å². The van der Waals surface area contributed by atoms with Crippen LogP contribution >= 0.6 is 11.6 Å². The van der Waals surface area contributed by atoms with E-state index >= 15 is 0 Å². The van der Waals surface area contributed by atoms with Crippen molar-refractivity contribution in [1.29, 1.82) is 0 Å². The number of rotatable bonds is 3. The lowest BCUT2D eigenvalue weighted by molar-refractivity contribution is 0.305. The molecule has 0 unspecified atom stereocenters. The van der Waals surface area contributed by atoms with Crippen molar-refractivity contribution in [2.24, 2.45) is 0 Å². The van der Waals surface area contributed by atoms with E-state index in [4.69, 9.17) is 20.8 Å². The molecule has 0 radical (unpaired) electrons. The van der Waals surface area contributed by atoms with Crippen LogP contribution in [0.5, 0.6) is 5.75 Å². The van der Waals surface area contributed by atoms with Gasteiger partial charge in [0.15, 0.2) is 0 Å². The third-order valence-corrected chi connectivity index (χ3v) is 3.58. The summed E-state index contributed by atoms with van der Waals surface area (Å²) >= 11 is 6.19. The second-order valence-corrected chi connectivity index (χ2v) is 5.35. The van der Waals surface area contributed by atoms with Crippen LogP contribution in [0.1, 0.15) is 11.1 Å². The second-order valence-electron chi connectivity index (χ2n) is 4.95. The standard InChI is InChI=1S/C17H12ClFO3/c1-10-5-17(20)22-15-8-16(14(18)7-13(10)15)21-9-11-3-2-4-12(19)6-11/h2-8H,9H2,1H3. The average molecular weight is 319 g/mol. The molecule has 1 heterocycles. The molecule has 2 aromatic carbocycles. The highest BCUT2D eigenvalue weighted by atomic mass is 35.5. The minimum atomic E-state index is -0.427. The fourth-order valence-corrected chi connectivity index (χ4v) is 2.44. The molecular formula is C17H12ClFO3. The monoisotopic (exact) mass is 318 g/mol. The first kappa shape index (κ1) is 14.6. The molecule has 0 spiro atoms. The predicted octanol–water partition coefficient (Wildman–Crippen LogP) is 4.47. The molecule has 1 aromatic heterocycles. The largest absolute Gasteiger partial charge is 0.487 e. The van der Waals surface area contributed by atoms with Gasteiger partial charge in [-0.1, -0.05) is 23.7 Å². The Labute approximate surface area is 130 Å². The van der Waals surface area contributed by atoms with Gasteiger partial charge in [-0.25, -0.2) is 9.18 Å². The number of aryl methyl sites for hydroxylation is 1. The van der Waals surface area contributed by atoms with Gasteiger partial charge < -0.3 is 9.15 Å². The molecule has 3 rings (SSSR count). The molecule has 0 aliphatic carbocycles. The molecule has 0 fully saturated rings. The van der Waals surface area contributed by atoms with Crippen LogP contribution in [0.2, 0.25) is 5.02 Å². The first-order valence-electron chi connectivity index (χ1n) is 6.64. The Morgan fingerprint density at radius 2 is 2.05 bits per heavy atom. The fourth-order valence-electron chi connectivity index (χ4n) is 2.22. The van der Waals surface area contributed by atoms with E-state index < -0.39 is 5.63 Å². The number of benzene rings is 2. The number of hydrogen-bond donors (Lipinski definition) is 0. The topological polar surface area (TPSA) is 39.4 Å². The number of halogens is 2. The highest BCUT2D eigenvalue weighted by molar-refractivity contribution is 6.32. The molecule has 0 N–H and O–H groups in total. The minimum absolute atomic E-state index is 0.166. The molecule has 0 bridgehead atoms. The van der Waals surface area contributed by atoms with Crippen LogP contribution in [0.15, 0.2) is 51.7 Å². The van der Waals surface area contributed by atoms with E-state index in [1.165, 1.54) is 18.2 Å². The van der Waals surface area contributed by atoms with Crippen LogP contribution in [0.4, 0.5) is 4.39 Å². The minimum Gasteiger partial charge on any atom is -0.487 e. The van der Waals surface area contributed by atoms with E-state index in [0.717, 1.165) is 10.9 Å². The van der Waals surface area contributed by atoms with E-state index in [2.05, 4.69) is 0 Å². The van der Waals surface area contributed by atoms with Crippen LogP contribution < -0.4 is 10.4 Å². The predicted molar refractivity (Wildman–Crippen MR) is 83.0 cm³/mol. The summed E-state index contributed by atoms with van der Waals surface area (Å²) in [6.45, 7) is 1.97. The van der Waals surface area contributed by atoms with Crippen molar-refractivity contribution in [3.63, 3.8) is 0 Å². The molecule has 5 heteroatoms. The van der Waals surface area contributed by atoms with Crippen molar-refractivity contribution in [3.05, 3.63) is 74.9 Å². The van der Waals surface area contributed by atoms with Crippen molar-refractivity contribution < 1.29 is 13.5 Å². The van der Waals surface area contributed by atoms with Crippen molar-refractivity contribution in [1.82, 2.24) is 0 Å². The summed E-state index contributed by atoms with van der Waals surface area (Å²) in [6.07, 6.45) is 0. The molecule has 22 heavy (non-hydrogen) atoms. The molecule has 0 amide bonds. The number of hydrogen-bond acceptors (Lipinski definition) is 3. The summed E-state index contributed by atoms with van der Waals surface area (Å²) in [7, 11) is 0. The molecule has 0 aliphatic heterocycles. The third-order valence-electron chi connectivity index (χ3n) is 3.29. The molecule has 3 nitrogen and oxygen atoms in total. The van der Waals surface area contributed by atoms with Gasteiger partial charge in [-0.15, -0.1) is 0 Å². The normalized spacial score (nSPS) is 10.9. The number of fused-ring (bicyclic) bond motifs is 1. The van der Waals surface area contributed by atoms with Gasteiger partial charge >= 0.3 is 5.63 Å². The Morgan fingerprint density at radius 1 is 1.23 bits per heavy atom. The van der Waals surface area contributed by atoms with Crippen molar-refractivity contribution in [3.8, 4) is 5.75 Å². The molecule has 0 saturated heterocycles. The van der Waals surface area contributed by atoms with Crippen LogP contribution in [0.3, 0.4) is 0 Å². The summed E-state index contributed by atoms with van der Waals surface area (Å²) in [5.41, 5.74) is 1.44. The zero-order valence-corrected chi connectivity index (χ0v) is 12.5. The number of ether oxygens (including phenoxy) is 1. The Kier molecular flexibility index (Phi) is 3.86. The van der Waals surface area contributed by atoms with Crippen LogP contribution in [-0.4, -0.2) is 0 Å². The highest BCUT2D eigenvalue weighted by Gasteiger charge is 2.09. The lowest BCUT2D eigenvalue weighted by Gasteiger charge is -2.10. The SMILES string of the molecule is Cc1cc(=O)oc2cc(OCc3cccc(F)c3)c(Cl)cc12. The Morgan fingerprint density at radius 3 is 2.82 bits per heavy atom. The van der Waals surface area contributed by atoms with Crippen molar-refractivity contribution >= 4 is 22.6 Å². The van der Waals surface area contributed by atoms with E-state index in [9.17, 15) is 9.18 Å². The van der Waals surface area contributed by atoms with Crippen molar-refractivity contribution in [2.75, 3.05) is 0 Å². The summed E-state index contributed by atoms with van der Waals surface area (Å²) in [5, 5.41) is 1.16. The van der Waals surface area contributed by atoms with Gasteiger partial charge in [0.1, 0.15) is 23.8 Å². The maximum Gasteiger partial charge on any atom is 0.336 e. The van der Waals surface area contributed by atoms with E-state index in [1.807, 2.05) is 6.92 Å². The van der Waals surface area contributed by atoms with Gasteiger partial charge in [-0.05, 0) is 36.2 Å². The zero-order chi connectivity index (χ0) is 15.7. The Bertz CT molecular complexity index is 902. The zero-order valence-electron chi connectivity index (χ0n) is 11.7. The summed E-state index contributed by atoms with van der Waals surface area (Å²) in [6, 6.07) is 10.8. The van der Waals surface area contributed by atoms with E-state index in [1.54, 1.807) is 24.3 Å². The summed E-state index contributed by atoms with van der Waals surface area (Å²) in [5.74, 6) is 0.0551. The van der Waals surface area contributed by atoms with E-state index in [0.29, 0.717) is 21.9 Å². The second kappa shape index (κ2) is 5.81. The van der Waals surface area contributed by atoms with E-state index in [-0.39, 0.29) is 12.4 Å². The van der Waals surface area contributed by atoms with Crippen LogP contribution in [0, 0.1) is 12.7 Å². The summed E-state index contributed by atoms with van der Waals surface area (Å²) in [4.78, 5) is 11.4. The average Bonchev–Trinajstić information content (AvgIpc) is 2.46. The van der Waals surface area contributed by atoms with Gasteiger partial charge in [-0.3, -0.25) is 0 Å². The van der Waals surface area contributed by atoms with Crippen molar-refractivity contribution in [2.45, 2.75) is 13.5 Å². The Balaban J connectivity index is 1.94. The van der Waals surface area contributed by atoms with Gasteiger partial charge in [0, 0.05) is 17.5 Å². The lowest BCUT2D eigenvalue weighted by atomic mass is 10.1. The van der Waals surface area contributed by atoms with Gasteiger partial charge in [0.2, 0.25) is 0 Å². The lowest BCUT2D eigenvalue weighted by Crippen LogP contribution is -2.00. The first-order valence-corrected chi connectivity index (χ1v) is 7.02. The van der Waals surface area contributed by atoms with Gasteiger partial charge in [0.05, 0.1) is 5.02 Å². The third kappa shape index (κ3) is 2.97. The smallest absolute Gasteiger partial charge is 0.336 e.